The van der Waals surface area contributed by atoms with Crippen LogP contribution in [0.4, 0.5) is 0 Å². The number of carbonyl (C=O) groups is 11. The van der Waals surface area contributed by atoms with Gasteiger partial charge in [0, 0.05) is 42.3 Å². The van der Waals surface area contributed by atoms with Crippen molar-refractivity contribution in [2.24, 2.45) is 41.4 Å². The highest BCUT2D eigenvalue weighted by Gasteiger charge is 2.44. The summed E-state index contributed by atoms with van der Waals surface area (Å²) in [5, 5.41) is 25.6. The molecular formula is C60H107N11O12. The molecule has 23 nitrogen and oxygen atoms in total. The molecule has 1 rings (SSSR count). The second-order valence-corrected chi connectivity index (χ2v) is 25.4. The highest BCUT2D eigenvalue weighted by Crippen LogP contribution is 2.23. The SMILES string of the molecule is C/C=C/C[C@@H](C)[C@@H](O)[C@H]1C(=O)N[C@@H](C)C(=O)N(C)CC(=O)N(C)[C@@H](CC(C)C)C(=O)N[C@@H](C(C)C)C(=O)N(C)[C@@H](CC(C)C)C(=O)N[C@@H](C)C(=O)N[C@H](C)C(=O)N(C)[C@@H](CC(C)C)C(=O)N(C)[C@@H](CC(C)C)C(=O)N[C@@H](C(C)C)C(=O)N1C. The average Bonchev–Trinajstić information content (AvgIpc) is 3.42. The van der Waals surface area contributed by atoms with Gasteiger partial charge in [-0.1, -0.05) is 102 Å². The summed E-state index contributed by atoms with van der Waals surface area (Å²) in [6, 6.07) is -12.4. The topological polar surface area (TPSA) is 288 Å². The van der Waals surface area contributed by atoms with Gasteiger partial charge in [0.25, 0.3) is 0 Å². The molecule has 1 heterocycles. The van der Waals surface area contributed by atoms with Gasteiger partial charge in [-0.3, -0.25) is 52.7 Å². The normalized spacial score (nSPS) is 27.1. The van der Waals surface area contributed by atoms with Crippen molar-refractivity contribution in [3.05, 3.63) is 12.2 Å². The first-order valence-corrected chi connectivity index (χ1v) is 29.6. The molecule has 0 aromatic carbocycles. The Balaban J connectivity index is 4.22. The predicted octanol–water partition coefficient (Wildman–Crippen LogP) is 2.54. The maximum atomic E-state index is 14.8. The van der Waals surface area contributed by atoms with E-state index in [0.717, 1.165) is 9.80 Å². The van der Waals surface area contributed by atoms with Gasteiger partial charge in [0.1, 0.15) is 60.4 Å². The molecule has 0 saturated carbocycles. The summed E-state index contributed by atoms with van der Waals surface area (Å²) in [6.45, 7) is 28.9. The highest BCUT2D eigenvalue weighted by atomic mass is 16.3. The van der Waals surface area contributed by atoms with Gasteiger partial charge in [0.05, 0.1) is 12.6 Å². The zero-order chi connectivity index (χ0) is 64.4. The van der Waals surface area contributed by atoms with Crippen molar-refractivity contribution in [2.45, 2.75) is 216 Å². The zero-order valence-electron chi connectivity index (χ0n) is 54.4. The van der Waals surface area contributed by atoms with Crippen LogP contribution in [-0.2, 0) is 52.7 Å². The third-order valence-electron chi connectivity index (χ3n) is 15.4. The van der Waals surface area contributed by atoms with Gasteiger partial charge in [0.2, 0.25) is 65.0 Å². The van der Waals surface area contributed by atoms with E-state index in [1.54, 1.807) is 53.7 Å². The fourth-order valence-electron chi connectivity index (χ4n) is 10.0. The number of nitrogens with one attached hydrogen (secondary N) is 5. The molecule has 474 valence electrons. The molecule has 0 unspecified atom stereocenters. The predicted molar refractivity (Wildman–Crippen MR) is 319 cm³/mol. The molecule has 0 spiro atoms. The van der Waals surface area contributed by atoms with Gasteiger partial charge in [-0.25, -0.2) is 0 Å². The molecular weight excluding hydrogens is 1070 g/mol. The van der Waals surface area contributed by atoms with E-state index < -0.39 is 156 Å². The van der Waals surface area contributed by atoms with Crippen molar-refractivity contribution in [1.82, 2.24) is 56.0 Å². The summed E-state index contributed by atoms with van der Waals surface area (Å²) in [7, 11) is 8.37. The van der Waals surface area contributed by atoms with E-state index in [0.29, 0.717) is 6.42 Å². The molecule has 0 aromatic heterocycles. The molecule has 1 aliphatic rings. The molecule has 0 aliphatic carbocycles. The molecule has 0 radical (unpaired) electrons. The molecule has 1 fully saturated rings. The van der Waals surface area contributed by atoms with Crippen molar-refractivity contribution in [3.8, 4) is 0 Å². The minimum atomic E-state index is -1.61. The fourth-order valence-corrected chi connectivity index (χ4v) is 10.0. The van der Waals surface area contributed by atoms with Gasteiger partial charge in [0.15, 0.2) is 0 Å². The van der Waals surface area contributed by atoms with E-state index in [9.17, 15) is 57.8 Å². The van der Waals surface area contributed by atoms with Gasteiger partial charge in [-0.15, -0.1) is 0 Å². The number of aliphatic hydroxyl groups excluding tert-OH is 1. The number of amides is 11. The van der Waals surface area contributed by atoms with Crippen molar-refractivity contribution in [1.29, 1.82) is 0 Å². The first-order valence-electron chi connectivity index (χ1n) is 29.6. The minimum Gasteiger partial charge on any atom is -0.390 e. The second kappa shape index (κ2) is 34.0. The molecule has 83 heavy (non-hydrogen) atoms. The van der Waals surface area contributed by atoms with Crippen molar-refractivity contribution < 1.29 is 57.8 Å². The van der Waals surface area contributed by atoms with Crippen LogP contribution < -0.4 is 26.6 Å². The smallest absolute Gasteiger partial charge is 0.246 e. The van der Waals surface area contributed by atoms with Crippen LogP contribution in [0.25, 0.3) is 0 Å². The van der Waals surface area contributed by atoms with E-state index in [2.05, 4.69) is 26.6 Å². The van der Waals surface area contributed by atoms with Crippen molar-refractivity contribution >= 4 is 65.0 Å². The van der Waals surface area contributed by atoms with Crippen LogP contribution >= 0.6 is 0 Å². The lowest BCUT2D eigenvalue weighted by molar-refractivity contribution is -0.151. The quantitative estimate of drug-likeness (QED) is 0.137. The van der Waals surface area contributed by atoms with Gasteiger partial charge in [-0.05, 0) is 101 Å². The highest BCUT2D eigenvalue weighted by molar-refractivity contribution is 5.99. The van der Waals surface area contributed by atoms with Crippen LogP contribution in [-0.4, -0.2) is 215 Å². The van der Waals surface area contributed by atoms with Crippen LogP contribution in [0.15, 0.2) is 12.2 Å². The fraction of sp³-hybridized carbons (Fsp3) is 0.783. The third kappa shape index (κ3) is 21.8. The lowest BCUT2D eigenvalue weighted by Crippen LogP contribution is -2.63. The Morgan fingerprint density at radius 3 is 1.20 bits per heavy atom. The zero-order valence-corrected chi connectivity index (χ0v) is 54.4. The number of hydrogen-bond acceptors (Lipinski definition) is 12. The van der Waals surface area contributed by atoms with E-state index in [1.807, 2.05) is 55.4 Å². The molecule has 23 heteroatoms. The van der Waals surface area contributed by atoms with Crippen molar-refractivity contribution in [2.75, 3.05) is 48.8 Å². The van der Waals surface area contributed by atoms with E-state index in [4.69, 9.17) is 0 Å². The number of aliphatic hydroxyl groups is 1. The Labute approximate surface area is 495 Å². The summed E-state index contributed by atoms with van der Waals surface area (Å²) in [6.07, 6.45) is 2.98. The molecule has 11 amide bonds. The summed E-state index contributed by atoms with van der Waals surface area (Å²) in [5.74, 6) is -9.95. The standard InChI is InChI=1S/C60H107N11O12/c1-24-25-26-38(14)50(73)49-55(78)63-40(16)56(79)66(18)31-46(72)67(19)42(27-32(2)3)53(76)64-47(36(10)11)59(82)69(21)43(28-33(4)5)52(75)61-39(15)51(74)62-41(17)57(80)70(22)45(30-35(8)9)58(81)68(20)44(29-34(6)7)54(77)65-48(37(12)13)60(83)71(49)23/h24-25,32-45,47-50,73H,26-31H2,1-23H3,(H,61,75)(H,62,74)(H,63,78)(H,64,76)(H,65,77)/b25-24+/t38-,39+,40+,41-,42+,43+,44+,45+,47+,48+,49+,50-/m1/s1. The Kier molecular flexibility index (Phi) is 30.7. The molecule has 0 aromatic rings. The second-order valence-electron chi connectivity index (χ2n) is 25.4. The molecule has 1 aliphatic heterocycles. The monoisotopic (exact) mass is 1170 g/mol. The lowest BCUT2D eigenvalue weighted by atomic mass is 9.91. The minimum absolute atomic E-state index is 0.128. The van der Waals surface area contributed by atoms with Crippen molar-refractivity contribution in [3.63, 3.8) is 0 Å². The van der Waals surface area contributed by atoms with Gasteiger partial charge >= 0.3 is 0 Å². The van der Waals surface area contributed by atoms with Crippen LogP contribution in [0.1, 0.15) is 150 Å². The first kappa shape index (κ1) is 74.9. The Morgan fingerprint density at radius 1 is 0.434 bits per heavy atom. The van der Waals surface area contributed by atoms with Gasteiger partial charge in [-0.2, -0.15) is 0 Å². The maximum Gasteiger partial charge on any atom is 0.246 e. The Hall–Kier alpha value is -6.13. The summed E-state index contributed by atoms with van der Waals surface area (Å²) >= 11 is 0. The van der Waals surface area contributed by atoms with Crippen LogP contribution in [0, 0.1) is 41.4 Å². The largest absolute Gasteiger partial charge is 0.390 e. The Bertz CT molecular complexity index is 2270. The summed E-state index contributed by atoms with van der Waals surface area (Å²) in [4.78, 5) is 165. The maximum absolute atomic E-state index is 14.8. The number of nitrogens with zero attached hydrogens (tertiary/aromatic N) is 6. The summed E-state index contributed by atoms with van der Waals surface area (Å²) < 4.78 is 0. The van der Waals surface area contributed by atoms with Crippen LogP contribution in [0.3, 0.4) is 0 Å². The molecule has 1 saturated heterocycles. The van der Waals surface area contributed by atoms with E-state index >= 15 is 0 Å². The molecule has 0 bridgehead atoms. The molecule has 12 atom stereocenters. The Morgan fingerprint density at radius 2 is 0.783 bits per heavy atom. The van der Waals surface area contributed by atoms with E-state index in [1.165, 1.54) is 82.7 Å². The van der Waals surface area contributed by atoms with Crippen LogP contribution in [0.2, 0.25) is 0 Å². The number of rotatable bonds is 14. The number of likely N-dealkylation sites (N-methyl/N-ethyl adjacent to an activating group) is 6. The molecule has 6 N–H and O–H groups in total. The number of hydrogen-bond donors (Lipinski definition) is 6. The van der Waals surface area contributed by atoms with E-state index in [-0.39, 0.29) is 49.4 Å². The lowest BCUT2D eigenvalue weighted by Gasteiger charge is -2.38. The number of carbonyl (C=O) groups excluding carboxylic acids is 11. The third-order valence-corrected chi connectivity index (χ3v) is 15.4. The van der Waals surface area contributed by atoms with Gasteiger partial charge < -0.3 is 61.1 Å². The first-order chi connectivity index (χ1) is 38.2. The number of allylic oxidation sites excluding steroid dienone is 2. The van der Waals surface area contributed by atoms with Crippen LogP contribution in [0.5, 0.6) is 0 Å². The summed E-state index contributed by atoms with van der Waals surface area (Å²) in [5.41, 5.74) is 0. The average molecular weight is 1170 g/mol.